The van der Waals surface area contributed by atoms with Crippen molar-refractivity contribution in [3.63, 3.8) is 0 Å². The lowest BCUT2D eigenvalue weighted by atomic mass is 9.95. The highest BCUT2D eigenvalue weighted by Crippen LogP contribution is 2.34. The molecule has 0 radical (unpaired) electrons. The molecular formula is C24H24ClN3O8. The maximum Gasteiger partial charge on any atom is 0.310 e. The second-order valence-corrected chi connectivity index (χ2v) is 8.28. The Bertz CT molecular complexity index is 1300. The van der Waals surface area contributed by atoms with Crippen molar-refractivity contribution >= 4 is 40.2 Å². The average molecular weight is 518 g/mol. The number of esters is 1. The molecule has 3 aromatic rings. The Morgan fingerprint density at radius 2 is 1.83 bits per heavy atom. The highest BCUT2D eigenvalue weighted by atomic mass is 35.5. The van der Waals surface area contributed by atoms with E-state index in [0.717, 1.165) is 4.90 Å². The van der Waals surface area contributed by atoms with Gasteiger partial charge in [0, 0.05) is 40.8 Å². The highest BCUT2D eigenvalue weighted by molar-refractivity contribution is 6.30. The number of hydrogen-bond donors (Lipinski definition) is 1. The van der Waals surface area contributed by atoms with Gasteiger partial charge in [0.2, 0.25) is 0 Å². The van der Waals surface area contributed by atoms with E-state index in [9.17, 15) is 24.5 Å². The summed E-state index contributed by atoms with van der Waals surface area (Å²) >= 11 is 5.96. The summed E-state index contributed by atoms with van der Waals surface area (Å²) in [6.45, 7) is 0.869. The number of H-pyrrole nitrogens is 1. The number of ether oxygens (including phenoxy) is 2. The number of rotatable bonds is 11. The van der Waals surface area contributed by atoms with Crippen LogP contribution in [0.1, 0.15) is 27.2 Å². The molecule has 1 amide bonds. The SMILES string of the molecule is COc1ccc2[nH]c(C)c(CC(=O)OCC(=O)N(C)CCO[N+](=O)[O-])c2c1C(=O)c1ccc(Cl)cc1. The van der Waals surface area contributed by atoms with Gasteiger partial charge in [-0.05, 0) is 48.9 Å². The zero-order chi connectivity index (χ0) is 26.4. The topological polar surface area (TPSA) is 141 Å². The lowest BCUT2D eigenvalue weighted by Gasteiger charge is -2.16. The predicted molar refractivity (Wildman–Crippen MR) is 130 cm³/mol. The molecular weight excluding hydrogens is 494 g/mol. The molecule has 0 unspecified atom stereocenters. The number of likely N-dealkylation sites (N-methyl/N-ethyl adjacent to an activating group) is 1. The number of nitrogens with one attached hydrogen (secondary N) is 1. The van der Waals surface area contributed by atoms with Crippen LogP contribution in [0.4, 0.5) is 0 Å². The van der Waals surface area contributed by atoms with Gasteiger partial charge in [-0.1, -0.05) is 11.6 Å². The molecule has 0 atom stereocenters. The lowest BCUT2D eigenvalue weighted by molar-refractivity contribution is -0.757. The molecule has 0 fully saturated rings. The number of nitrogens with zero attached hydrogens (tertiary/aromatic N) is 2. The first-order valence-electron chi connectivity index (χ1n) is 10.8. The fourth-order valence-electron chi connectivity index (χ4n) is 3.65. The molecule has 12 heteroatoms. The summed E-state index contributed by atoms with van der Waals surface area (Å²) < 4.78 is 10.6. The zero-order valence-corrected chi connectivity index (χ0v) is 20.6. The number of ketones is 1. The van der Waals surface area contributed by atoms with Crippen LogP contribution in [0.15, 0.2) is 36.4 Å². The number of aromatic nitrogens is 1. The molecule has 1 N–H and O–H groups in total. The summed E-state index contributed by atoms with van der Waals surface area (Å²) in [6, 6.07) is 9.85. The standard InChI is InChI=1S/C24H24ClN3O8/c1-14-17(12-21(30)35-13-20(29)27(2)10-11-36-28(32)33)22-18(26-14)8-9-19(34-3)23(22)24(31)15-4-6-16(25)7-5-15/h4-9,26H,10-13H2,1-3H3. The van der Waals surface area contributed by atoms with Gasteiger partial charge in [0.05, 0.1) is 19.1 Å². The number of amides is 1. The summed E-state index contributed by atoms with van der Waals surface area (Å²) in [7, 11) is 2.86. The minimum Gasteiger partial charge on any atom is -0.496 e. The van der Waals surface area contributed by atoms with E-state index in [1.54, 1.807) is 43.3 Å². The van der Waals surface area contributed by atoms with Crippen molar-refractivity contribution in [2.45, 2.75) is 13.3 Å². The van der Waals surface area contributed by atoms with Gasteiger partial charge in [0.15, 0.2) is 12.4 Å². The van der Waals surface area contributed by atoms with Gasteiger partial charge in [0.25, 0.3) is 11.0 Å². The van der Waals surface area contributed by atoms with Crippen LogP contribution < -0.4 is 4.74 Å². The summed E-state index contributed by atoms with van der Waals surface area (Å²) in [5.41, 5.74) is 2.50. The molecule has 2 aromatic carbocycles. The maximum atomic E-state index is 13.5. The molecule has 0 spiro atoms. The average Bonchev–Trinajstić information content (AvgIpc) is 3.16. The molecule has 0 saturated heterocycles. The van der Waals surface area contributed by atoms with Crippen LogP contribution in [0.25, 0.3) is 10.9 Å². The smallest absolute Gasteiger partial charge is 0.310 e. The van der Waals surface area contributed by atoms with Crippen molar-refractivity contribution in [1.82, 2.24) is 9.88 Å². The highest BCUT2D eigenvalue weighted by Gasteiger charge is 2.24. The summed E-state index contributed by atoms with van der Waals surface area (Å²) in [5.74, 6) is -1.21. The van der Waals surface area contributed by atoms with E-state index in [-0.39, 0.29) is 30.9 Å². The Hall–Kier alpha value is -4.12. The van der Waals surface area contributed by atoms with Crippen LogP contribution in [0.3, 0.4) is 0 Å². The van der Waals surface area contributed by atoms with E-state index in [1.807, 2.05) is 0 Å². The maximum absolute atomic E-state index is 13.5. The Morgan fingerprint density at radius 1 is 1.14 bits per heavy atom. The Labute approximate surface area is 211 Å². The first kappa shape index (κ1) is 26.5. The third kappa shape index (κ3) is 6.11. The van der Waals surface area contributed by atoms with Crippen molar-refractivity contribution in [3.05, 3.63) is 73.9 Å². The third-order valence-corrected chi connectivity index (χ3v) is 5.78. The number of fused-ring (bicyclic) bond motifs is 1. The molecule has 1 heterocycles. The van der Waals surface area contributed by atoms with E-state index < -0.39 is 23.6 Å². The van der Waals surface area contributed by atoms with Gasteiger partial charge < -0.3 is 24.2 Å². The first-order chi connectivity index (χ1) is 17.1. The van der Waals surface area contributed by atoms with E-state index in [4.69, 9.17) is 21.1 Å². The van der Waals surface area contributed by atoms with Gasteiger partial charge in [-0.2, -0.15) is 0 Å². The van der Waals surface area contributed by atoms with Gasteiger partial charge in [-0.3, -0.25) is 14.4 Å². The van der Waals surface area contributed by atoms with E-state index >= 15 is 0 Å². The van der Waals surface area contributed by atoms with Crippen LogP contribution in [-0.4, -0.2) is 66.5 Å². The second kappa shape index (κ2) is 11.5. The van der Waals surface area contributed by atoms with Gasteiger partial charge in [-0.25, -0.2) is 0 Å². The van der Waals surface area contributed by atoms with Crippen LogP contribution in [0.5, 0.6) is 5.75 Å². The van der Waals surface area contributed by atoms with Crippen molar-refractivity contribution < 1.29 is 33.8 Å². The normalized spacial score (nSPS) is 10.7. The second-order valence-electron chi connectivity index (χ2n) is 7.84. The molecule has 0 bridgehead atoms. The molecule has 0 aliphatic heterocycles. The molecule has 0 aliphatic rings. The number of aryl methyl sites for hydroxylation is 1. The molecule has 190 valence electrons. The van der Waals surface area contributed by atoms with Crippen LogP contribution in [0.2, 0.25) is 5.02 Å². The van der Waals surface area contributed by atoms with Crippen molar-refractivity contribution in [2.24, 2.45) is 0 Å². The molecule has 11 nitrogen and oxygen atoms in total. The summed E-state index contributed by atoms with van der Waals surface area (Å²) in [5, 5.41) is 10.3. The molecule has 0 saturated carbocycles. The monoisotopic (exact) mass is 517 g/mol. The third-order valence-electron chi connectivity index (χ3n) is 5.52. The van der Waals surface area contributed by atoms with E-state index in [2.05, 4.69) is 9.82 Å². The number of benzene rings is 2. The number of aromatic amines is 1. The molecule has 0 aliphatic carbocycles. The molecule has 36 heavy (non-hydrogen) atoms. The summed E-state index contributed by atoms with van der Waals surface area (Å²) in [4.78, 5) is 57.0. The van der Waals surface area contributed by atoms with E-state index in [1.165, 1.54) is 14.2 Å². The predicted octanol–water partition coefficient (Wildman–Crippen LogP) is 3.12. The van der Waals surface area contributed by atoms with Crippen LogP contribution in [-0.2, 0) is 25.6 Å². The number of carbonyl (C=O) groups is 3. The molecule has 3 rings (SSSR count). The van der Waals surface area contributed by atoms with Gasteiger partial charge in [0.1, 0.15) is 12.4 Å². The number of halogens is 1. The Morgan fingerprint density at radius 3 is 2.47 bits per heavy atom. The Balaban J connectivity index is 1.82. The van der Waals surface area contributed by atoms with Crippen LogP contribution in [0, 0.1) is 17.0 Å². The van der Waals surface area contributed by atoms with E-state index in [0.29, 0.717) is 38.5 Å². The zero-order valence-electron chi connectivity index (χ0n) is 19.8. The van der Waals surface area contributed by atoms with Gasteiger partial charge in [-0.15, -0.1) is 10.1 Å². The number of carbonyl (C=O) groups excluding carboxylic acids is 3. The summed E-state index contributed by atoms with van der Waals surface area (Å²) in [6.07, 6.45) is -0.207. The lowest BCUT2D eigenvalue weighted by Crippen LogP contribution is -2.34. The minimum atomic E-state index is -0.956. The fourth-order valence-corrected chi connectivity index (χ4v) is 3.78. The number of methoxy groups -OCH3 is 1. The largest absolute Gasteiger partial charge is 0.496 e. The van der Waals surface area contributed by atoms with Gasteiger partial charge >= 0.3 is 5.97 Å². The quantitative estimate of drug-likeness (QED) is 0.177. The number of hydrogen-bond acceptors (Lipinski definition) is 8. The minimum absolute atomic E-state index is 0.0467. The van der Waals surface area contributed by atoms with Crippen molar-refractivity contribution in [3.8, 4) is 5.75 Å². The van der Waals surface area contributed by atoms with Crippen molar-refractivity contribution in [2.75, 3.05) is 33.9 Å². The van der Waals surface area contributed by atoms with Crippen molar-refractivity contribution in [1.29, 1.82) is 0 Å². The molecule has 1 aromatic heterocycles. The van der Waals surface area contributed by atoms with Crippen LogP contribution >= 0.6 is 11.6 Å². The first-order valence-corrected chi connectivity index (χ1v) is 11.2. The Kier molecular flexibility index (Phi) is 8.49. The fraction of sp³-hybridized carbons (Fsp3) is 0.292.